The number of methoxy groups -OCH3 is 1. The van der Waals surface area contributed by atoms with Crippen molar-refractivity contribution in [3.05, 3.63) is 83.5 Å². The lowest BCUT2D eigenvalue weighted by molar-refractivity contribution is 0.102. The van der Waals surface area contributed by atoms with Crippen LogP contribution in [0.25, 0.3) is 21.7 Å². The number of carbonyl (C=O) groups excluding carboxylic acids is 1. The number of hydrogen-bond acceptors (Lipinski definition) is 5. The van der Waals surface area contributed by atoms with Gasteiger partial charge in [-0.1, -0.05) is 18.2 Å². The molecule has 2 aromatic heterocycles. The van der Waals surface area contributed by atoms with Crippen molar-refractivity contribution in [2.24, 2.45) is 0 Å². The number of nitrogens with one attached hydrogen (secondary N) is 1. The second kappa shape index (κ2) is 8.24. The van der Waals surface area contributed by atoms with Gasteiger partial charge in [0, 0.05) is 17.3 Å². The first-order chi connectivity index (χ1) is 14.1. The van der Waals surface area contributed by atoms with Gasteiger partial charge in [0.05, 0.1) is 22.7 Å². The van der Waals surface area contributed by atoms with E-state index in [2.05, 4.69) is 10.3 Å². The number of thiazole rings is 1. The minimum atomic E-state index is -0.189. The average molecular weight is 401 g/mol. The molecule has 4 rings (SSSR count). The Labute approximate surface area is 173 Å². The van der Waals surface area contributed by atoms with Crippen molar-refractivity contribution in [2.75, 3.05) is 12.4 Å². The SMILES string of the molecule is COc1ccc(-c2nc(C)sc2-c2ccnc(NC(=O)c3ccccc3)c2)cc1. The van der Waals surface area contributed by atoms with Gasteiger partial charge in [-0.25, -0.2) is 9.97 Å². The van der Waals surface area contributed by atoms with E-state index >= 15 is 0 Å². The number of aromatic nitrogens is 2. The molecule has 2 heterocycles. The smallest absolute Gasteiger partial charge is 0.256 e. The third-order valence-corrected chi connectivity index (χ3v) is 5.42. The molecule has 4 aromatic rings. The molecule has 6 heteroatoms. The number of carbonyl (C=O) groups is 1. The van der Waals surface area contributed by atoms with E-state index in [9.17, 15) is 4.79 Å². The number of nitrogens with zero attached hydrogens (tertiary/aromatic N) is 2. The predicted molar refractivity (Wildman–Crippen MR) is 116 cm³/mol. The minimum Gasteiger partial charge on any atom is -0.497 e. The molecule has 0 fully saturated rings. The van der Waals surface area contributed by atoms with Crippen molar-refractivity contribution in [3.8, 4) is 27.4 Å². The number of amides is 1. The Bertz CT molecular complexity index is 1140. The number of benzene rings is 2. The van der Waals surface area contributed by atoms with E-state index in [1.165, 1.54) is 0 Å². The maximum absolute atomic E-state index is 12.4. The molecule has 144 valence electrons. The summed E-state index contributed by atoms with van der Waals surface area (Å²) in [6, 6.07) is 20.7. The van der Waals surface area contributed by atoms with Crippen LogP contribution < -0.4 is 10.1 Å². The third-order valence-electron chi connectivity index (χ3n) is 4.40. The molecule has 0 unspecified atom stereocenters. The molecule has 0 bridgehead atoms. The van der Waals surface area contributed by atoms with Crippen LogP contribution in [0.3, 0.4) is 0 Å². The van der Waals surface area contributed by atoms with Gasteiger partial charge in [0.15, 0.2) is 0 Å². The number of anilines is 1. The summed E-state index contributed by atoms with van der Waals surface area (Å²) in [6.45, 7) is 1.99. The molecule has 0 aliphatic rings. The molecule has 0 saturated heterocycles. The van der Waals surface area contributed by atoms with Crippen molar-refractivity contribution in [1.29, 1.82) is 0 Å². The lowest BCUT2D eigenvalue weighted by atomic mass is 10.1. The molecular formula is C23H19N3O2S. The van der Waals surface area contributed by atoms with Crippen LogP contribution in [-0.4, -0.2) is 23.0 Å². The summed E-state index contributed by atoms with van der Waals surface area (Å²) in [5, 5.41) is 3.84. The van der Waals surface area contributed by atoms with E-state index < -0.39 is 0 Å². The van der Waals surface area contributed by atoms with Crippen LogP contribution in [0.2, 0.25) is 0 Å². The fourth-order valence-electron chi connectivity index (χ4n) is 2.99. The van der Waals surface area contributed by atoms with Gasteiger partial charge in [0.25, 0.3) is 5.91 Å². The van der Waals surface area contributed by atoms with Crippen LogP contribution in [-0.2, 0) is 0 Å². The van der Waals surface area contributed by atoms with Gasteiger partial charge in [0.2, 0.25) is 0 Å². The quantitative estimate of drug-likeness (QED) is 0.483. The zero-order chi connectivity index (χ0) is 20.2. The predicted octanol–water partition coefficient (Wildman–Crippen LogP) is 5.44. The highest BCUT2D eigenvalue weighted by molar-refractivity contribution is 7.15. The first-order valence-electron chi connectivity index (χ1n) is 9.09. The van der Waals surface area contributed by atoms with E-state index in [-0.39, 0.29) is 5.91 Å². The van der Waals surface area contributed by atoms with Crippen molar-refractivity contribution >= 4 is 23.1 Å². The molecule has 0 aliphatic heterocycles. The molecule has 1 amide bonds. The summed E-state index contributed by atoms with van der Waals surface area (Å²) in [5.41, 5.74) is 3.46. The summed E-state index contributed by atoms with van der Waals surface area (Å²) in [5.74, 6) is 1.12. The standard InChI is InChI=1S/C23H19N3O2S/c1-15-25-21(16-8-10-19(28-2)11-9-16)22(29-15)18-12-13-24-20(14-18)26-23(27)17-6-4-3-5-7-17/h3-14H,1-2H3,(H,24,26,27). The fourth-order valence-corrected chi connectivity index (χ4v) is 3.92. The molecule has 29 heavy (non-hydrogen) atoms. The highest BCUT2D eigenvalue weighted by atomic mass is 32.1. The van der Waals surface area contributed by atoms with Gasteiger partial charge in [0.1, 0.15) is 11.6 Å². The van der Waals surface area contributed by atoms with Crippen LogP contribution in [0.15, 0.2) is 72.9 Å². The number of pyridine rings is 1. The minimum absolute atomic E-state index is 0.189. The second-order valence-electron chi connectivity index (χ2n) is 6.39. The van der Waals surface area contributed by atoms with Gasteiger partial charge in [-0.2, -0.15) is 0 Å². The fraction of sp³-hybridized carbons (Fsp3) is 0.0870. The highest BCUT2D eigenvalue weighted by Gasteiger charge is 2.15. The average Bonchev–Trinajstić information content (AvgIpc) is 3.16. The Hall–Kier alpha value is -3.51. The van der Waals surface area contributed by atoms with Crippen LogP contribution in [0.4, 0.5) is 5.82 Å². The normalized spacial score (nSPS) is 10.6. The van der Waals surface area contributed by atoms with Gasteiger partial charge in [-0.3, -0.25) is 4.79 Å². The van der Waals surface area contributed by atoms with E-state index in [1.54, 1.807) is 36.8 Å². The number of hydrogen-bond donors (Lipinski definition) is 1. The van der Waals surface area contributed by atoms with Gasteiger partial charge in [-0.15, -0.1) is 11.3 Å². The Balaban J connectivity index is 1.65. The molecule has 0 spiro atoms. The topological polar surface area (TPSA) is 64.1 Å². The van der Waals surface area contributed by atoms with Crippen LogP contribution >= 0.6 is 11.3 Å². The molecule has 2 aromatic carbocycles. The van der Waals surface area contributed by atoms with E-state index in [0.717, 1.165) is 32.5 Å². The van der Waals surface area contributed by atoms with Crippen LogP contribution in [0, 0.1) is 6.92 Å². The maximum Gasteiger partial charge on any atom is 0.256 e. The number of ether oxygens (including phenoxy) is 1. The molecule has 5 nitrogen and oxygen atoms in total. The number of aryl methyl sites for hydroxylation is 1. The summed E-state index contributed by atoms with van der Waals surface area (Å²) in [6.07, 6.45) is 1.70. The van der Waals surface area contributed by atoms with Crippen molar-refractivity contribution in [2.45, 2.75) is 6.92 Å². The van der Waals surface area contributed by atoms with Gasteiger partial charge in [-0.05, 0) is 61.0 Å². The van der Waals surface area contributed by atoms with E-state index in [1.807, 2.05) is 61.5 Å². The van der Waals surface area contributed by atoms with Crippen LogP contribution in [0.1, 0.15) is 15.4 Å². The Kier molecular flexibility index (Phi) is 5.35. The maximum atomic E-state index is 12.4. The van der Waals surface area contributed by atoms with Crippen molar-refractivity contribution in [1.82, 2.24) is 9.97 Å². The molecule has 0 atom stereocenters. The molecule has 1 N–H and O–H groups in total. The second-order valence-corrected chi connectivity index (χ2v) is 7.59. The lowest BCUT2D eigenvalue weighted by Gasteiger charge is -2.08. The zero-order valence-corrected chi connectivity index (χ0v) is 16.9. The Morgan fingerprint density at radius 1 is 1.00 bits per heavy atom. The summed E-state index contributed by atoms with van der Waals surface area (Å²) >= 11 is 1.61. The van der Waals surface area contributed by atoms with E-state index in [4.69, 9.17) is 9.72 Å². The monoisotopic (exact) mass is 401 g/mol. The van der Waals surface area contributed by atoms with Crippen molar-refractivity contribution < 1.29 is 9.53 Å². The van der Waals surface area contributed by atoms with Crippen molar-refractivity contribution in [3.63, 3.8) is 0 Å². The first-order valence-corrected chi connectivity index (χ1v) is 9.90. The Morgan fingerprint density at radius 3 is 2.48 bits per heavy atom. The zero-order valence-electron chi connectivity index (χ0n) is 16.0. The highest BCUT2D eigenvalue weighted by Crippen LogP contribution is 2.37. The molecule has 0 radical (unpaired) electrons. The molecular weight excluding hydrogens is 382 g/mol. The van der Waals surface area contributed by atoms with Gasteiger partial charge < -0.3 is 10.1 Å². The lowest BCUT2D eigenvalue weighted by Crippen LogP contribution is -2.12. The first kappa shape index (κ1) is 18.8. The largest absolute Gasteiger partial charge is 0.497 e. The Morgan fingerprint density at radius 2 is 1.76 bits per heavy atom. The molecule has 0 saturated carbocycles. The van der Waals surface area contributed by atoms with E-state index in [0.29, 0.717) is 11.4 Å². The number of rotatable bonds is 5. The molecule has 0 aliphatic carbocycles. The summed E-state index contributed by atoms with van der Waals surface area (Å²) < 4.78 is 5.25. The third kappa shape index (κ3) is 4.17. The van der Waals surface area contributed by atoms with Crippen LogP contribution in [0.5, 0.6) is 5.75 Å². The summed E-state index contributed by atoms with van der Waals surface area (Å²) in [7, 11) is 1.65. The summed E-state index contributed by atoms with van der Waals surface area (Å²) in [4.78, 5) is 22.5. The van der Waals surface area contributed by atoms with Gasteiger partial charge >= 0.3 is 0 Å².